The Morgan fingerprint density at radius 2 is 2.06 bits per heavy atom. The van der Waals surface area contributed by atoms with Gasteiger partial charge < -0.3 is 20.2 Å². The summed E-state index contributed by atoms with van der Waals surface area (Å²) in [6, 6.07) is -0.822. The van der Waals surface area contributed by atoms with Crippen LogP contribution in [0.3, 0.4) is 0 Å². The average Bonchev–Trinajstić information content (AvgIpc) is 2.68. The van der Waals surface area contributed by atoms with E-state index < -0.39 is 29.9 Å². The third-order valence-corrected chi connectivity index (χ3v) is 5.55. The first kappa shape index (κ1) is 22.8. The van der Waals surface area contributed by atoms with Crippen molar-refractivity contribution in [2.75, 3.05) is 19.6 Å². The highest BCUT2D eigenvalue weighted by molar-refractivity contribution is 5.79. The molecule has 3 amide bonds. The third kappa shape index (κ3) is 5.61. The van der Waals surface area contributed by atoms with Crippen LogP contribution in [0.4, 0.5) is 18.0 Å². The van der Waals surface area contributed by atoms with Crippen molar-refractivity contribution in [1.29, 1.82) is 0 Å². The van der Waals surface area contributed by atoms with Crippen molar-refractivity contribution < 1.29 is 32.7 Å². The van der Waals surface area contributed by atoms with Crippen LogP contribution in [0.2, 0.25) is 0 Å². The molecule has 1 fully saturated rings. The topological polar surface area (TPSA) is 116 Å². The van der Waals surface area contributed by atoms with Gasteiger partial charge in [-0.1, -0.05) is 6.92 Å². The molecule has 1 aromatic heterocycles. The Labute approximate surface area is 176 Å². The second kappa shape index (κ2) is 9.06. The molecule has 2 atom stereocenters. The Kier molecular flexibility index (Phi) is 6.65. The molecule has 0 spiro atoms. The van der Waals surface area contributed by atoms with Crippen LogP contribution in [0.1, 0.15) is 43.1 Å². The molecule has 0 aliphatic carbocycles. The Hall–Kier alpha value is -2.92. The maximum Gasteiger partial charge on any atom is 0.433 e. The van der Waals surface area contributed by atoms with Crippen molar-refractivity contribution in [3.8, 4) is 0 Å². The summed E-state index contributed by atoms with van der Waals surface area (Å²) in [4.78, 5) is 46.3. The fourth-order valence-corrected chi connectivity index (χ4v) is 4.03. The summed E-state index contributed by atoms with van der Waals surface area (Å²) < 4.78 is 39.4. The number of piperidine rings is 1. The number of rotatable bonds is 5. The van der Waals surface area contributed by atoms with Crippen molar-refractivity contribution in [1.82, 2.24) is 25.1 Å². The maximum absolute atomic E-state index is 13.1. The van der Waals surface area contributed by atoms with Gasteiger partial charge in [0.15, 0.2) is 5.69 Å². The smallest absolute Gasteiger partial charge is 0.433 e. The summed E-state index contributed by atoms with van der Waals surface area (Å²) in [7, 11) is 0. The molecule has 1 aromatic rings. The molecule has 2 aliphatic heterocycles. The first-order valence-corrected chi connectivity index (χ1v) is 9.99. The highest BCUT2D eigenvalue weighted by Gasteiger charge is 2.38. The summed E-state index contributed by atoms with van der Waals surface area (Å²) in [5.74, 6) is -0.236. The number of carbonyl (C=O) groups excluding carboxylic acids is 2. The second-order valence-electron chi connectivity index (χ2n) is 8.00. The van der Waals surface area contributed by atoms with E-state index in [4.69, 9.17) is 5.11 Å². The van der Waals surface area contributed by atoms with Gasteiger partial charge in [0, 0.05) is 38.0 Å². The van der Waals surface area contributed by atoms with Gasteiger partial charge in [0.1, 0.15) is 6.33 Å². The minimum absolute atomic E-state index is 0.0211. The summed E-state index contributed by atoms with van der Waals surface area (Å²) >= 11 is 0. The quantitative estimate of drug-likeness (QED) is 0.715. The standard InChI is InChI=1S/C19H24F3N5O4/c1-11-2-3-15(28)27(7-11)8-12(25-18(30)31)6-16(29)26-5-4-13-14(9-26)23-10-24-17(13)19(20,21)22/h10-12,25H,2-9H2,1H3,(H,30,31). The van der Waals surface area contributed by atoms with Crippen LogP contribution < -0.4 is 5.32 Å². The Bertz CT molecular complexity index is 863. The summed E-state index contributed by atoms with van der Waals surface area (Å²) in [5.41, 5.74) is -0.885. The van der Waals surface area contributed by atoms with E-state index in [2.05, 4.69) is 15.3 Å². The van der Waals surface area contributed by atoms with Gasteiger partial charge >= 0.3 is 12.3 Å². The molecule has 9 nitrogen and oxygen atoms in total. The molecule has 2 unspecified atom stereocenters. The summed E-state index contributed by atoms with van der Waals surface area (Å²) in [5, 5.41) is 11.4. The Morgan fingerprint density at radius 1 is 1.32 bits per heavy atom. The largest absolute Gasteiger partial charge is 0.465 e. The summed E-state index contributed by atoms with van der Waals surface area (Å²) in [6.07, 6.45) is -4.21. The molecule has 0 saturated carbocycles. The van der Waals surface area contributed by atoms with Gasteiger partial charge in [-0.25, -0.2) is 14.8 Å². The van der Waals surface area contributed by atoms with Gasteiger partial charge in [-0.2, -0.15) is 13.2 Å². The first-order valence-electron chi connectivity index (χ1n) is 9.99. The van der Waals surface area contributed by atoms with Crippen LogP contribution in [0, 0.1) is 5.92 Å². The lowest BCUT2D eigenvalue weighted by Crippen LogP contribution is -2.50. The molecule has 2 aliphatic rings. The molecule has 3 heterocycles. The zero-order valence-electron chi connectivity index (χ0n) is 17.0. The predicted octanol–water partition coefficient (Wildman–Crippen LogP) is 1.66. The van der Waals surface area contributed by atoms with Gasteiger partial charge in [0.25, 0.3) is 0 Å². The SMILES string of the molecule is CC1CCC(=O)N(CC(CC(=O)N2CCc3c(ncnc3C(F)(F)F)C2)NC(=O)O)C1. The Morgan fingerprint density at radius 3 is 2.74 bits per heavy atom. The number of hydrogen-bond acceptors (Lipinski definition) is 5. The zero-order chi connectivity index (χ0) is 22.8. The molecule has 0 bridgehead atoms. The molecule has 170 valence electrons. The number of hydrogen-bond donors (Lipinski definition) is 2. The summed E-state index contributed by atoms with van der Waals surface area (Å²) in [6.45, 7) is 2.47. The highest BCUT2D eigenvalue weighted by atomic mass is 19.4. The van der Waals surface area contributed by atoms with E-state index in [1.54, 1.807) is 4.90 Å². The van der Waals surface area contributed by atoms with Crippen LogP contribution in [0.5, 0.6) is 0 Å². The van der Waals surface area contributed by atoms with Gasteiger partial charge in [0.2, 0.25) is 11.8 Å². The number of carboxylic acid groups (broad SMARTS) is 1. The fraction of sp³-hybridized carbons (Fsp3) is 0.632. The molecular weight excluding hydrogens is 419 g/mol. The highest BCUT2D eigenvalue weighted by Crippen LogP contribution is 2.33. The first-order chi connectivity index (χ1) is 14.5. The van der Waals surface area contributed by atoms with Crippen LogP contribution in [0.25, 0.3) is 0 Å². The van der Waals surface area contributed by atoms with Gasteiger partial charge in [-0.05, 0) is 18.8 Å². The lowest BCUT2D eigenvalue weighted by Gasteiger charge is -2.34. The number of likely N-dealkylation sites (tertiary alicyclic amines) is 1. The predicted molar refractivity (Wildman–Crippen MR) is 101 cm³/mol. The molecule has 2 N–H and O–H groups in total. The zero-order valence-corrected chi connectivity index (χ0v) is 17.0. The number of aromatic nitrogens is 2. The van der Waals surface area contributed by atoms with E-state index in [0.29, 0.717) is 13.0 Å². The van der Waals surface area contributed by atoms with Crippen molar-refractivity contribution in [3.63, 3.8) is 0 Å². The lowest BCUT2D eigenvalue weighted by atomic mass is 9.98. The monoisotopic (exact) mass is 443 g/mol. The number of carbonyl (C=O) groups is 3. The molecule has 1 saturated heterocycles. The van der Waals surface area contributed by atoms with E-state index in [1.807, 2.05) is 6.92 Å². The normalized spacial score (nSPS) is 20.3. The molecule has 0 aromatic carbocycles. The van der Waals surface area contributed by atoms with Crippen LogP contribution in [0.15, 0.2) is 6.33 Å². The van der Waals surface area contributed by atoms with E-state index >= 15 is 0 Å². The second-order valence-corrected chi connectivity index (χ2v) is 8.00. The van der Waals surface area contributed by atoms with E-state index in [0.717, 1.165) is 12.7 Å². The molecule has 12 heteroatoms. The van der Waals surface area contributed by atoms with Crippen molar-refractivity contribution in [2.24, 2.45) is 5.92 Å². The number of halogens is 3. The van der Waals surface area contributed by atoms with Crippen LogP contribution in [-0.2, 0) is 28.7 Å². The van der Waals surface area contributed by atoms with E-state index in [1.165, 1.54) is 4.90 Å². The van der Waals surface area contributed by atoms with Crippen molar-refractivity contribution in [3.05, 3.63) is 23.3 Å². The minimum atomic E-state index is -4.60. The number of amides is 3. The lowest BCUT2D eigenvalue weighted by molar-refractivity contribution is -0.142. The molecular formula is C19H24F3N5O4. The van der Waals surface area contributed by atoms with E-state index in [9.17, 15) is 27.6 Å². The van der Waals surface area contributed by atoms with Gasteiger partial charge in [-0.15, -0.1) is 0 Å². The number of fused-ring (bicyclic) bond motifs is 1. The average molecular weight is 443 g/mol. The molecule has 0 radical (unpaired) electrons. The number of alkyl halides is 3. The van der Waals surface area contributed by atoms with Crippen molar-refractivity contribution in [2.45, 2.75) is 51.4 Å². The minimum Gasteiger partial charge on any atom is -0.465 e. The number of nitrogens with one attached hydrogen (secondary N) is 1. The van der Waals surface area contributed by atoms with Crippen molar-refractivity contribution >= 4 is 17.9 Å². The Balaban J connectivity index is 1.68. The van der Waals surface area contributed by atoms with Gasteiger partial charge in [-0.3, -0.25) is 9.59 Å². The van der Waals surface area contributed by atoms with Crippen LogP contribution >= 0.6 is 0 Å². The molecule has 31 heavy (non-hydrogen) atoms. The van der Waals surface area contributed by atoms with Crippen LogP contribution in [-0.4, -0.2) is 68.5 Å². The number of nitrogens with zero attached hydrogens (tertiary/aromatic N) is 4. The van der Waals surface area contributed by atoms with E-state index in [-0.39, 0.29) is 55.6 Å². The molecule has 3 rings (SSSR count). The maximum atomic E-state index is 13.1. The fourth-order valence-electron chi connectivity index (χ4n) is 4.03. The van der Waals surface area contributed by atoms with Gasteiger partial charge in [0.05, 0.1) is 18.3 Å². The third-order valence-electron chi connectivity index (χ3n) is 5.55.